The number of nitrogens with zero attached hydrogens (tertiary/aromatic N) is 2. The van der Waals surface area contributed by atoms with Gasteiger partial charge in [0.05, 0.1) is 5.69 Å². The van der Waals surface area contributed by atoms with E-state index in [4.69, 9.17) is 5.73 Å². The lowest BCUT2D eigenvalue weighted by molar-refractivity contribution is -0.135. The number of aromatic nitrogens is 2. The molecule has 3 nitrogen and oxygen atoms in total. The lowest BCUT2D eigenvalue weighted by Crippen LogP contribution is -2.08. The van der Waals surface area contributed by atoms with Crippen molar-refractivity contribution >= 4 is 5.95 Å². The van der Waals surface area contributed by atoms with E-state index in [0.717, 1.165) is 5.69 Å². The minimum absolute atomic E-state index is 0.125. The number of halogens is 3. The molecule has 1 aromatic rings. The van der Waals surface area contributed by atoms with Gasteiger partial charge in [0.15, 0.2) is 5.95 Å². The van der Waals surface area contributed by atoms with E-state index in [9.17, 15) is 13.2 Å². The van der Waals surface area contributed by atoms with Crippen LogP contribution in [0.15, 0.2) is 6.20 Å². The molecule has 86 valence electrons. The highest BCUT2D eigenvalue weighted by Gasteiger charge is 2.25. The van der Waals surface area contributed by atoms with Crippen LogP contribution in [0.2, 0.25) is 0 Å². The molecule has 1 aromatic heterocycles. The zero-order valence-corrected chi connectivity index (χ0v) is 8.51. The molecule has 0 atom stereocenters. The molecule has 0 aliphatic heterocycles. The van der Waals surface area contributed by atoms with Gasteiger partial charge >= 0.3 is 6.18 Å². The normalized spacial score (nSPS) is 12.0. The highest BCUT2D eigenvalue weighted by Crippen LogP contribution is 2.22. The first-order valence-electron chi connectivity index (χ1n) is 4.74. The van der Waals surface area contributed by atoms with Crippen molar-refractivity contribution in [3.05, 3.63) is 11.9 Å². The van der Waals surface area contributed by atoms with Gasteiger partial charge in [0, 0.05) is 19.2 Å². The van der Waals surface area contributed by atoms with Crippen LogP contribution in [-0.4, -0.2) is 15.7 Å². The van der Waals surface area contributed by atoms with Crippen molar-refractivity contribution in [1.29, 1.82) is 0 Å². The molecular formula is C9H14F3N3. The number of imidazole rings is 1. The summed E-state index contributed by atoms with van der Waals surface area (Å²) in [6.07, 6.45) is -2.47. The maximum absolute atomic E-state index is 11.8. The number of nitrogens with two attached hydrogens (primary N) is 1. The summed E-state index contributed by atoms with van der Waals surface area (Å²) in [4.78, 5) is 3.96. The zero-order chi connectivity index (χ0) is 11.5. The van der Waals surface area contributed by atoms with Gasteiger partial charge in [0.1, 0.15) is 0 Å². The smallest absolute Gasteiger partial charge is 0.369 e. The molecule has 0 amide bonds. The van der Waals surface area contributed by atoms with Crippen LogP contribution < -0.4 is 5.73 Å². The van der Waals surface area contributed by atoms with Crippen molar-refractivity contribution in [2.75, 3.05) is 5.73 Å². The summed E-state index contributed by atoms with van der Waals surface area (Å²) in [5, 5.41) is 0. The highest BCUT2D eigenvalue weighted by molar-refractivity contribution is 5.20. The van der Waals surface area contributed by atoms with Crippen molar-refractivity contribution in [3.63, 3.8) is 0 Å². The lowest BCUT2D eigenvalue weighted by atomic mass is 10.2. The molecule has 15 heavy (non-hydrogen) atoms. The number of anilines is 1. The Hall–Kier alpha value is -1.20. The lowest BCUT2D eigenvalue weighted by Gasteiger charge is -2.06. The van der Waals surface area contributed by atoms with Crippen LogP contribution in [0.1, 0.15) is 25.0 Å². The van der Waals surface area contributed by atoms with E-state index in [1.54, 1.807) is 17.7 Å². The van der Waals surface area contributed by atoms with Gasteiger partial charge in [0.2, 0.25) is 0 Å². The monoisotopic (exact) mass is 221 g/mol. The maximum Gasteiger partial charge on any atom is 0.389 e. The second kappa shape index (κ2) is 4.55. The predicted molar refractivity (Wildman–Crippen MR) is 51.3 cm³/mol. The highest BCUT2D eigenvalue weighted by atomic mass is 19.4. The summed E-state index contributed by atoms with van der Waals surface area (Å²) in [7, 11) is 0. The maximum atomic E-state index is 11.8. The Balaban J connectivity index is 2.29. The van der Waals surface area contributed by atoms with Crippen LogP contribution in [0, 0.1) is 6.92 Å². The molecule has 0 fully saturated rings. The number of alkyl halides is 3. The third kappa shape index (κ3) is 4.22. The molecule has 2 N–H and O–H groups in total. The Bertz CT molecular complexity index is 317. The third-order valence-electron chi connectivity index (χ3n) is 2.04. The van der Waals surface area contributed by atoms with Gasteiger partial charge < -0.3 is 10.3 Å². The fourth-order valence-corrected chi connectivity index (χ4v) is 1.35. The minimum atomic E-state index is -4.06. The van der Waals surface area contributed by atoms with Crippen LogP contribution >= 0.6 is 0 Å². The summed E-state index contributed by atoms with van der Waals surface area (Å²) >= 11 is 0. The van der Waals surface area contributed by atoms with Crippen molar-refractivity contribution in [3.8, 4) is 0 Å². The van der Waals surface area contributed by atoms with Gasteiger partial charge in [0.25, 0.3) is 0 Å². The molecule has 6 heteroatoms. The molecule has 0 saturated carbocycles. The fourth-order valence-electron chi connectivity index (χ4n) is 1.35. The molecule has 1 heterocycles. The average molecular weight is 221 g/mol. The SMILES string of the molecule is Cc1cn(CCCCC(F)(F)F)c(N)n1. The quantitative estimate of drug-likeness (QED) is 0.794. The van der Waals surface area contributed by atoms with Crippen LogP contribution in [0.4, 0.5) is 19.1 Å². The van der Waals surface area contributed by atoms with E-state index in [-0.39, 0.29) is 6.42 Å². The molecule has 0 spiro atoms. The molecule has 0 aliphatic carbocycles. The molecule has 0 radical (unpaired) electrons. The Kier molecular flexibility index (Phi) is 3.60. The van der Waals surface area contributed by atoms with Crippen LogP contribution in [-0.2, 0) is 6.54 Å². The van der Waals surface area contributed by atoms with E-state index in [2.05, 4.69) is 4.98 Å². The van der Waals surface area contributed by atoms with Gasteiger partial charge in [-0.1, -0.05) is 0 Å². The van der Waals surface area contributed by atoms with E-state index < -0.39 is 12.6 Å². The van der Waals surface area contributed by atoms with E-state index in [1.807, 2.05) is 0 Å². The Morgan fingerprint density at radius 3 is 2.53 bits per heavy atom. The first-order valence-corrected chi connectivity index (χ1v) is 4.74. The summed E-state index contributed by atoms with van der Waals surface area (Å²) < 4.78 is 37.1. The fraction of sp³-hybridized carbons (Fsp3) is 0.667. The largest absolute Gasteiger partial charge is 0.389 e. The van der Waals surface area contributed by atoms with E-state index in [0.29, 0.717) is 18.9 Å². The molecular weight excluding hydrogens is 207 g/mol. The number of nitrogen functional groups attached to an aromatic ring is 1. The summed E-state index contributed by atoms with van der Waals surface area (Å²) in [5.41, 5.74) is 6.32. The number of unbranched alkanes of at least 4 members (excludes halogenated alkanes) is 1. The average Bonchev–Trinajstić information content (AvgIpc) is 2.37. The standard InChI is InChI=1S/C9H14F3N3/c1-7-6-15(8(13)14-7)5-3-2-4-9(10,11)12/h6H,2-5H2,1H3,(H2,13,14). The van der Waals surface area contributed by atoms with Crippen LogP contribution in [0.3, 0.4) is 0 Å². The van der Waals surface area contributed by atoms with Gasteiger partial charge in [-0.3, -0.25) is 0 Å². The van der Waals surface area contributed by atoms with E-state index >= 15 is 0 Å². The van der Waals surface area contributed by atoms with Crippen LogP contribution in [0.5, 0.6) is 0 Å². The summed E-state index contributed by atoms with van der Waals surface area (Å²) in [6, 6.07) is 0. The number of rotatable bonds is 4. The second-order valence-electron chi connectivity index (χ2n) is 3.51. The number of hydrogen-bond acceptors (Lipinski definition) is 2. The zero-order valence-electron chi connectivity index (χ0n) is 8.51. The summed E-state index contributed by atoms with van der Waals surface area (Å²) in [5.74, 6) is 0.361. The third-order valence-corrected chi connectivity index (χ3v) is 2.04. The summed E-state index contributed by atoms with van der Waals surface area (Å²) in [6.45, 7) is 2.28. The molecule has 0 aromatic carbocycles. The minimum Gasteiger partial charge on any atom is -0.369 e. The van der Waals surface area contributed by atoms with Crippen molar-refractivity contribution < 1.29 is 13.2 Å². The molecule has 0 unspecified atom stereocenters. The van der Waals surface area contributed by atoms with Crippen LogP contribution in [0.25, 0.3) is 0 Å². The first kappa shape index (κ1) is 11.9. The Labute approximate surface area is 86.1 Å². The second-order valence-corrected chi connectivity index (χ2v) is 3.51. The number of aryl methyl sites for hydroxylation is 2. The van der Waals surface area contributed by atoms with Gasteiger partial charge in [-0.05, 0) is 19.8 Å². The molecule has 1 rings (SSSR count). The number of hydrogen-bond donors (Lipinski definition) is 1. The van der Waals surface area contributed by atoms with Gasteiger partial charge in [-0.15, -0.1) is 0 Å². The van der Waals surface area contributed by atoms with Gasteiger partial charge in [-0.25, -0.2) is 4.98 Å². The van der Waals surface area contributed by atoms with Gasteiger partial charge in [-0.2, -0.15) is 13.2 Å². The van der Waals surface area contributed by atoms with Crippen molar-refractivity contribution in [1.82, 2.24) is 9.55 Å². The molecule has 0 bridgehead atoms. The van der Waals surface area contributed by atoms with E-state index in [1.165, 1.54) is 0 Å². The Morgan fingerprint density at radius 1 is 1.40 bits per heavy atom. The van der Waals surface area contributed by atoms with Crippen molar-refractivity contribution in [2.24, 2.45) is 0 Å². The predicted octanol–water partition coefficient (Wildman–Crippen LogP) is 2.51. The van der Waals surface area contributed by atoms with Crippen molar-refractivity contribution in [2.45, 2.75) is 38.9 Å². The first-order chi connectivity index (χ1) is 6.88. The molecule has 0 saturated heterocycles. The topological polar surface area (TPSA) is 43.8 Å². The Morgan fingerprint density at radius 2 is 2.07 bits per heavy atom. The molecule has 0 aliphatic rings.